The molecule has 2 fully saturated rings. The quantitative estimate of drug-likeness (QED) is 0.854. The fraction of sp³-hybridized carbons (Fsp3) is 0.600. The van der Waals surface area contributed by atoms with Gasteiger partial charge >= 0.3 is 0 Å². The van der Waals surface area contributed by atoms with Crippen molar-refractivity contribution < 1.29 is 14.0 Å². The van der Waals surface area contributed by atoms with Gasteiger partial charge in [-0.1, -0.05) is 19.1 Å². The van der Waals surface area contributed by atoms with Crippen molar-refractivity contribution in [3.05, 3.63) is 36.0 Å². The molecule has 0 radical (unpaired) electrons. The minimum atomic E-state index is -0.174. The Labute approximate surface area is 164 Å². The average Bonchev–Trinajstić information content (AvgIpc) is 3.37. The molecule has 1 N–H and O–H groups in total. The third-order valence-electron chi connectivity index (χ3n) is 6.13. The molecule has 8 nitrogen and oxygen atoms in total. The van der Waals surface area contributed by atoms with Gasteiger partial charge in [-0.2, -0.15) is 0 Å². The van der Waals surface area contributed by atoms with Gasteiger partial charge in [0.25, 0.3) is 11.8 Å². The lowest BCUT2D eigenvalue weighted by Gasteiger charge is -2.53. The summed E-state index contributed by atoms with van der Waals surface area (Å²) >= 11 is 0. The lowest BCUT2D eigenvalue weighted by atomic mass is 9.59. The monoisotopic (exact) mass is 385 g/mol. The maximum absolute atomic E-state index is 12.5. The largest absolute Gasteiger partial charge is 0.459 e. The molecular weight excluding hydrogens is 358 g/mol. The van der Waals surface area contributed by atoms with Gasteiger partial charge in [0, 0.05) is 19.6 Å². The molecule has 1 aliphatic carbocycles. The van der Waals surface area contributed by atoms with Crippen LogP contribution in [0.2, 0.25) is 0 Å². The molecule has 1 aliphatic heterocycles. The van der Waals surface area contributed by atoms with E-state index >= 15 is 0 Å². The van der Waals surface area contributed by atoms with Crippen molar-refractivity contribution in [2.45, 2.75) is 45.6 Å². The van der Waals surface area contributed by atoms with Crippen LogP contribution in [0.3, 0.4) is 0 Å². The number of carbonyl (C=O) groups excluding carboxylic acids is 2. The first-order valence-electron chi connectivity index (χ1n) is 10.0. The maximum Gasteiger partial charge on any atom is 0.289 e. The summed E-state index contributed by atoms with van der Waals surface area (Å²) in [6.07, 6.45) is 7.30. The van der Waals surface area contributed by atoms with Gasteiger partial charge in [0.1, 0.15) is 0 Å². The van der Waals surface area contributed by atoms with E-state index in [4.69, 9.17) is 4.42 Å². The second-order valence-electron chi connectivity index (χ2n) is 8.37. The summed E-state index contributed by atoms with van der Waals surface area (Å²) in [5.41, 5.74) is 0.507. The van der Waals surface area contributed by atoms with Gasteiger partial charge < -0.3 is 14.6 Å². The third-order valence-corrected chi connectivity index (χ3v) is 6.13. The number of aromatic nitrogens is 3. The van der Waals surface area contributed by atoms with E-state index in [1.807, 2.05) is 9.58 Å². The highest BCUT2D eigenvalue weighted by Gasteiger charge is 2.50. The molecule has 1 saturated heterocycles. The van der Waals surface area contributed by atoms with Crippen LogP contribution in [0.1, 0.15) is 66.6 Å². The molecule has 1 atom stereocenters. The number of hydrogen-bond donors (Lipinski definition) is 1. The van der Waals surface area contributed by atoms with Crippen LogP contribution >= 0.6 is 0 Å². The van der Waals surface area contributed by atoms with E-state index in [-0.39, 0.29) is 23.3 Å². The van der Waals surface area contributed by atoms with Crippen molar-refractivity contribution in [1.29, 1.82) is 0 Å². The van der Waals surface area contributed by atoms with Crippen LogP contribution in [0.25, 0.3) is 0 Å². The zero-order chi connectivity index (χ0) is 19.7. The molecule has 2 aromatic rings. The van der Waals surface area contributed by atoms with Gasteiger partial charge in [-0.3, -0.25) is 9.59 Å². The molecule has 2 aliphatic rings. The molecule has 0 bridgehead atoms. The van der Waals surface area contributed by atoms with Crippen LogP contribution in [-0.2, 0) is 0 Å². The van der Waals surface area contributed by atoms with Crippen molar-refractivity contribution in [3.63, 3.8) is 0 Å². The summed E-state index contributed by atoms with van der Waals surface area (Å²) in [5, 5.41) is 11.2. The zero-order valence-electron chi connectivity index (χ0n) is 16.4. The van der Waals surface area contributed by atoms with Crippen LogP contribution < -0.4 is 5.32 Å². The van der Waals surface area contributed by atoms with Crippen LogP contribution in [0.4, 0.5) is 0 Å². The number of likely N-dealkylation sites (tertiary alicyclic amines) is 1. The van der Waals surface area contributed by atoms with Crippen molar-refractivity contribution in [3.8, 4) is 0 Å². The standard InChI is InChI=1S/C20H27N5O3/c1-14(2)12-21-18(26)15-13-25(23-22-15)17-5-6-20(17)7-9-24(10-8-20)19(27)16-4-3-11-28-16/h3-4,11,13-14,17H,5-10,12H2,1-2H3,(H,21,26). The Morgan fingerprint density at radius 3 is 2.71 bits per heavy atom. The summed E-state index contributed by atoms with van der Waals surface area (Å²) in [6, 6.07) is 3.69. The predicted molar refractivity (Wildman–Crippen MR) is 102 cm³/mol. The summed E-state index contributed by atoms with van der Waals surface area (Å²) in [7, 11) is 0. The Balaban J connectivity index is 1.38. The number of hydrogen-bond acceptors (Lipinski definition) is 5. The molecular formula is C20H27N5O3. The molecule has 2 aromatic heterocycles. The lowest BCUT2D eigenvalue weighted by Crippen LogP contribution is -2.51. The Morgan fingerprint density at radius 2 is 2.11 bits per heavy atom. The molecule has 4 rings (SSSR count). The van der Waals surface area contributed by atoms with Gasteiger partial charge in [-0.15, -0.1) is 5.10 Å². The number of furan rings is 1. The van der Waals surface area contributed by atoms with Crippen LogP contribution in [0, 0.1) is 11.3 Å². The minimum absolute atomic E-state index is 0.0411. The Morgan fingerprint density at radius 1 is 1.32 bits per heavy atom. The van der Waals surface area contributed by atoms with Crippen molar-refractivity contribution >= 4 is 11.8 Å². The third kappa shape index (κ3) is 3.43. The Bertz CT molecular complexity index is 834. The summed E-state index contributed by atoms with van der Waals surface area (Å²) in [5.74, 6) is 0.574. The lowest BCUT2D eigenvalue weighted by molar-refractivity contribution is -0.0274. The molecule has 1 saturated carbocycles. The van der Waals surface area contributed by atoms with Crippen LogP contribution in [-0.4, -0.2) is 51.3 Å². The first-order chi connectivity index (χ1) is 13.5. The number of nitrogens with zero attached hydrogens (tertiary/aromatic N) is 4. The molecule has 1 spiro atoms. The number of rotatable bonds is 5. The smallest absolute Gasteiger partial charge is 0.289 e. The second-order valence-corrected chi connectivity index (χ2v) is 8.37. The number of amides is 2. The topological polar surface area (TPSA) is 93.3 Å². The highest BCUT2D eigenvalue weighted by molar-refractivity contribution is 5.92. The number of piperidine rings is 1. The van der Waals surface area contributed by atoms with Crippen LogP contribution in [0.15, 0.2) is 29.0 Å². The molecule has 1 unspecified atom stereocenters. The molecule has 3 heterocycles. The molecule has 150 valence electrons. The van der Waals surface area contributed by atoms with Crippen molar-refractivity contribution in [2.75, 3.05) is 19.6 Å². The normalized spacial score (nSPS) is 21.0. The SMILES string of the molecule is CC(C)CNC(=O)c1cn(C2CCC23CCN(C(=O)c2ccco2)CC3)nn1. The van der Waals surface area contributed by atoms with Crippen molar-refractivity contribution in [1.82, 2.24) is 25.2 Å². The van der Waals surface area contributed by atoms with E-state index in [0.29, 0.717) is 37.0 Å². The zero-order valence-corrected chi connectivity index (χ0v) is 16.4. The maximum atomic E-state index is 12.5. The summed E-state index contributed by atoms with van der Waals surface area (Å²) in [4.78, 5) is 26.6. The summed E-state index contributed by atoms with van der Waals surface area (Å²) < 4.78 is 7.10. The van der Waals surface area contributed by atoms with Gasteiger partial charge in [-0.05, 0) is 49.1 Å². The fourth-order valence-electron chi connectivity index (χ4n) is 4.31. The molecule has 0 aromatic carbocycles. The van der Waals surface area contributed by atoms with Gasteiger partial charge in [0.05, 0.1) is 18.5 Å². The van der Waals surface area contributed by atoms with Gasteiger partial charge in [0.2, 0.25) is 0 Å². The predicted octanol–water partition coefficient (Wildman–Crippen LogP) is 2.51. The van der Waals surface area contributed by atoms with Crippen LogP contribution in [0.5, 0.6) is 0 Å². The fourth-order valence-corrected chi connectivity index (χ4v) is 4.31. The van der Waals surface area contributed by atoms with E-state index in [2.05, 4.69) is 29.5 Å². The first-order valence-corrected chi connectivity index (χ1v) is 10.0. The molecule has 28 heavy (non-hydrogen) atoms. The Kier molecular flexibility index (Phi) is 4.95. The highest BCUT2D eigenvalue weighted by Crippen LogP contribution is 2.56. The second kappa shape index (κ2) is 7.41. The van der Waals surface area contributed by atoms with Crippen molar-refractivity contribution in [2.24, 2.45) is 11.3 Å². The van der Waals surface area contributed by atoms with E-state index < -0.39 is 0 Å². The van der Waals surface area contributed by atoms with E-state index in [9.17, 15) is 9.59 Å². The number of carbonyl (C=O) groups is 2. The first kappa shape index (κ1) is 18.7. The van der Waals surface area contributed by atoms with E-state index in [1.54, 1.807) is 18.3 Å². The van der Waals surface area contributed by atoms with Gasteiger partial charge in [0.15, 0.2) is 11.5 Å². The minimum Gasteiger partial charge on any atom is -0.459 e. The van der Waals surface area contributed by atoms with E-state index in [0.717, 1.165) is 25.7 Å². The van der Waals surface area contributed by atoms with Gasteiger partial charge in [-0.25, -0.2) is 4.68 Å². The Hall–Kier alpha value is -2.64. The average molecular weight is 385 g/mol. The molecule has 2 amide bonds. The molecule has 8 heteroatoms. The summed E-state index contributed by atoms with van der Waals surface area (Å²) in [6.45, 7) is 6.16. The number of nitrogens with one attached hydrogen (secondary N) is 1. The van der Waals surface area contributed by atoms with E-state index in [1.165, 1.54) is 6.26 Å². The highest BCUT2D eigenvalue weighted by atomic mass is 16.3.